The molecule has 0 saturated heterocycles. The molecule has 1 heterocycles. The Balaban J connectivity index is 2.67. The summed E-state index contributed by atoms with van der Waals surface area (Å²) >= 11 is 12.8. The summed E-state index contributed by atoms with van der Waals surface area (Å²) in [6, 6.07) is 7.04. The number of pyridine rings is 1. The third kappa shape index (κ3) is 3.10. The third-order valence-electron chi connectivity index (χ3n) is 2.88. The summed E-state index contributed by atoms with van der Waals surface area (Å²) in [6.07, 6.45) is 2.35. The molecule has 0 bridgehead atoms. The van der Waals surface area contributed by atoms with Crippen LogP contribution >= 0.6 is 43.5 Å². The van der Waals surface area contributed by atoms with Crippen molar-refractivity contribution in [3.05, 3.63) is 55.9 Å². The van der Waals surface area contributed by atoms with Gasteiger partial charge in [0.15, 0.2) is 0 Å². The molecule has 0 aliphatic carbocycles. The van der Waals surface area contributed by atoms with Gasteiger partial charge in [0, 0.05) is 26.6 Å². The van der Waals surface area contributed by atoms with E-state index in [1.807, 2.05) is 6.07 Å². The minimum absolute atomic E-state index is 0.0839. The summed E-state index contributed by atoms with van der Waals surface area (Å²) in [6.45, 7) is 0. The van der Waals surface area contributed by atoms with Crippen molar-refractivity contribution in [3.63, 3.8) is 0 Å². The van der Waals surface area contributed by atoms with E-state index in [4.69, 9.17) is 16.3 Å². The molecule has 0 N–H and O–H groups in total. The molecular formula is C14H12Br2ClNO2. The normalized spacial score (nSPS) is 10.6. The number of alkyl halides is 1. The fourth-order valence-corrected chi connectivity index (χ4v) is 2.97. The largest absolute Gasteiger partial charge is 0.495 e. The lowest BCUT2D eigenvalue weighted by atomic mass is 10.2. The average Bonchev–Trinajstić information content (AvgIpc) is 2.43. The van der Waals surface area contributed by atoms with Gasteiger partial charge in [-0.2, -0.15) is 0 Å². The van der Waals surface area contributed by atoms with Crippen LogP contribution in [-0.2, 0) is 6.42 Å². The summed E-state index contributed by atoms with van der Waals surface area (Å²) in [5, 5.41) is 1.27. The second kappa shape index (κ2) is 6.78. The second-order valence-corrected chi connectivity index (χ2v) is 6.16. The lowest BCUT2D eigenvalue weighted by Crippen LogP contribution is -2.23. The molecule has 3 nitrogen and oxygen atoms in total. The molecule has 20 heavy (non-hydrogen) atoms. The van der Waals surface area contributed by atoms with E-state index in [1.54, 1.807) is 36.1 Å². The monoisotopic (exact) mass is 419 g/mol. The Morgan fingerprint density at radius 2 is 2.10 bits per heavy atom. The summed E-state index contributed by atoms with van der Waals surface area (Å²) < 4.78 is 7.65. The first-order valence-corrected chi connectivity index (χ1v) is 8.17. The topological polar surface area (TPSA) is 31.2 Å². The van der Waals surface area contributed by atoms with Crippen molar-refractivity contribution in [1.82, 2.24) is 4.57 Å². The Hall–Kier alpha value is -0.780. The van der Waals surface area contributed by atoms with E-state index >= 15 is 0 Å². The van der Waals surface area contributed by atoms with Crippen LogP contribution in [0, 0.1) is 0 Å². The van der Waals surface area contributed by atoms with Crippen molar-refractivity contribution in [2.75, 3.05) is 12.4 Å². The van der Waals surface area contributed by atoms with E-state index in [9.17, 15) is 4.79 Å². The summed E-state index contributed by atoms with van der Waals surface area (Å²) in [7, 11) is 1.57. The van der Waals surface area contributed by atoms with Crippen molar-refractivity contribution in [2.24, 2.45) is 0 Å². The number of nitrogens with zero attached hydrogens (tertiary/aromatic N) is 1. The molecule has 0 aliphatic rings. The molecular weight excluding hydrogens is 409 g/mol. The zero-order valence-corrected chi connectivity index (χ0v) is 14.6. The Bertz CT molecular complexity index is 685. The van der Waals surface area contributed by atoms with Crippen LogP contribution in [0.2, 0.25) is 5.02 Å². The molecule has 0 aliphatic heterocycles. The number of ether oxygens (including phenoxy) is 1. The van der Waals surface area contributed by atoms with Crippen molar-refractivity contribution >= 4 is 43.5 Å². The van der Waals surface area contributed by atoms with E-state index in [0.29, 0.717) is 28.4 Å². The second-order valence-electron chi connectivity index (χ2n) is 4.07. The SMILES string of the molecule is COc1ccc(Cl)cc1-n1ccc(Br)c(CCBr)c1=O. The molecule has 0 amide bonds. The lowest BCUT2D eigenvalue weighted by Gasteiger charge is -2.13. The first-order valence-electron chi connectivity index (χ1n) is 5.88. The molecule has 106 valence electrons. The Labute approximate surface area is 138 Å². The third-order valence-corrected chi connectivity index (χ3v) is 4.25. The van der Waals surface area contributed by atoms with Gasteiger partial charge in [-0.25, -0.2) is 0 Å². The zero-order chi connectivity index (χ0) is 14.7. The van der Waals surface area contributed by atoms with E-state index in [1.165, 1.54) is 0 Å². The van der Waals surface area contributed by atoms with Crippen molar-refractivity contribution in [3.8, 4) is 11.4 Å². The first-order chi connectivity index (χ1) is 9.58. The number of benzene rings is 1. The first kappa shape index (κ1) is 15.6. The predicted molar refractivity (Wildman–Crippen MR) is 88.8 cm³/mol. The highest BCUT2D eigenvalue weighted by Gasteiger charge is 2.12. The van der Waals surface area contributed by atoms with Crippen molar-refractivity contribution < 1.29 is 4.74 Å². The fourth-order valence-electron chi connectivity index (χ4n) is 1.92. The smallest absolute Gasteiger partial charge is 0.259 e. The van der Waals surface area contributed by atoms with Gasteiger partial charge >= 0.3 is 0 Å². The predicted octanol–water partition coefficient (Wildman–Crippen LogP) is 4.20. The highest BCUT2D eigenvalue weighted by atomic mass is 79.9. The van der Waals surface area contributed by atoms with Crippen LogP contribution in [0.4, 0.5) is 0 Å². The highest BCUT2D eigenvalue weighted by Crippen LogP contribution is 2.26. The van der Waals surface area contributed by atoms with E-state index in [0.717, 1.165) is 9.80 Å². The highest BCUT2D eigenvalue weighted by molar-refractivity contribution is 9.10. The molecule has 0 fully saturated rings. The van der Waals surface area contributed by atoms with E-state index < -0.39 is 0 Å². The zero-order valence-electron chi connectivity index (χ0n) is 10.7. The van der Waals surface area contributed by atoms with Crippen LogP contribution in [0.1, 0.15) is 5.56 Å². The summed E-state index contributed by atoms with van der Waals surface area (Å²) in [4.78, 5) is 12.6. The molecule has 0 spiro atoms. The molecule has 2 aromatic rings. The Kier molecular flexibility index (Phi) is 5.29. The molecule has 2 rings (SSSR count). The van der Waals surface area contributed by atoms with Crippen LogP contribution < -0.4 is 10.3 Å². The molecule has 0 radical (unpaired) electrons. The molecule has 0 atom stereocenters. The maximum atomic E-state index is 12.6. The molecule has 1 aromatic carbocycles. The molecule has 0 unspecified atom stereocenters. The van der Waals surface area contributed by atoms with Crippen LogP contribution in [0.3, 0.4) is 0 Å². The standard InChI is InChI=1S/C14H12Br2ClNO2/c1-20-13-3-2-9(17)8-12(13)18-7-5-11(16)10(4-6-15)14(18)19/h2-3,5,7-8H,4,6H2,1H3. The van der Waals surface area contributed by atoms with Gasteiger partial charge in [-0.1, -0.05) is 43.5 Å². The number of methoxy groups -OCH3 is 1. The maximum Gasteiger partial charge on any atom is 0.259 e. The van der Waals surface area contributed by atoms with Crippen molar-refractivity contribution in [1.29, 1.82) is 0 Å². The van der Waals surface area contributed by atoms with Gasteiger partial charge in [0.25, 0.3) is 5.56 Å². The van der Waals surface area contributed by atoms with Crippen LogP contribution in [0.15, 0.2) is 39.7 Å². The van der Waals surface area contributed by atoms with Gasteiger partial charge in [-0.15, -0.1) is 0 Å². The van der Waals surface area contributed by atoms with Crippen molar-refractivity contribution in [2.45, 2.75) is 6.42 Å². The fraction of sp³-hybridized carbons (Fsp3) is 0.214. The van der Waals surface area contributed by atoms with Crippen LogP contribution in [-0.4, -0.2) is 17.0 Å². The van der Waals surface area contributed by atoms with Gasteiger partial charge in [0.05, 0.1) is 12.8 Å². The number of halogens is 3. The summed E-state index contributed by atoms with van der Waals surface area (Å²) in [5.74, 6) is 0.601. The maximum absolute atomic E-state index is 12.6. The van der Waals surface area contributed by atoms with Crippen LogP contribution in [0.25, 0.3) is 5.69 Å². The summed E-state index contributed by atoms with van der Waals surface area (Å²) in [5.41, 5.74) is 1.26. The molecule has 6 heteroatoms. The number of rotatable bonds is 4. The quantitative estimate of drug-likeness (QED) is 0.693. The minimum atomic E-state index is -0.0839. The van der Waals surface area contributed by atoms with Gasteiger partial charge in [-0.3, -0.25) is 9.36 Å². The van der Waals surface area contributed by atoms with Gasteiger partial charge in [-0.05, 0) is 30.7 Å². The minimum Gasteiger partial charge on any atom is -0.495 e. The number of hydrogen-bond acceptors (Lipinski definition) is 2. The number of hydrogen-bond donors (Lipinski definition) is 0. The van der Waals surface area contributed by atoms with Gasteiger partial charge in [0.1, 0.15) is 5.75 Å². The van der Waals surface area contributed by atoms with E-state index in [-0.39, 0.29) is 5.56 Å². The molecule has 0 saturated carbocycles. The lowest BCUT2D eigenvalue weighted by molar-refractivity contribution is 0.412. The van der Waals surface area contributed by atoms with Gasteiger partial charge in [0.2, 0.25) is 0 Å². The van der Waals surface area contributed by atoms with Crippen LogP contribution in [0.5, 0.6) is 5.75 Å². The average molecular weight is 422 g/mol. The van der Waals surface area contributed by atoms with E-state index in [2.05, 4.69) is 31.9 Å². The molecule has 1 aromatic heterocycles. The Morgan fingerprint density at radius 1 is 1.35 bits per heavy atom. The Morgan fingerprint density at radius 3 is 2.75 bits per heavy atom. The van der Waals surface area contributed by atoms with Gasteiger partial charge < -0.3 is 4.74 Å². The number of aromatic nitrogens is 1.